The van der Waals surface area contributed by atoms with Crippen molar-refractivity contribution in [3.05, 3.63) is 32.9 Å². The summed E-state index contributed by atoms with van der Waals surface area (Å²) in [6, 6.07) is 1.81. The molecule has 2 aromatic heterocycles. The van der Waals surface area contributed by atoms with Crippen LogP contribution in [0, 0.1) is 0 Å². The summed E-state index contributed by atoms with van der Waals surface area (Å²) in [7, 11) is 1.73. The minimum atomic E-state index is -0.0293. The van der Waals surface area contributed by atoms with Gasteiger partial charge in [0.2, 0.25) is 0 Å². The number of carbonyl (C=O) groups is 1. The number of carbonyl (C=O) groups excluding carboxylic acids is 1. The fourth-order valence-electron chi connectivity index (χ4n) is 1.25. The first-order chi connectivity index (χ1) is 7.66. The Balaban J connectivity index is 2.05. The van der Waals surface area contributed by atoms with Gasteiger partial charge in [0.05, 0.1) is 15.9 Å². The number of hydrogen-bond donors (Lipinski definition) is 1. The molecule has 0 radical (unpaired) electrons. The Hall–Kier alpha value is -1.21. The van der Waals surface area contributed by atoms with Gasteiger partial charge in [-0.15, -0.1) is 11.3 Å². The number of rotatable bonds is 3. The molecule has 2 heterocycles. The highest BCUT2D eigenvalue weighted by Crippen LogP contribution is 2.21. The maximum atomic E-state index is 11.9. The second-order valence-corrected chi connectivity index (χ2v) is 5.52. The minimum absolute atomic E-state index is 0.0293. The van der Waals surface area contributed by atoms with E-state index in [-0.39, 0.29) is 5.91 Å². The van der Waals surface area contributed by atoms with Crippen molar-refractivity contribution >= 4 is 33.2 Å². The predicted molar refractivity (Wildman–Crippen MR) is 64.2 cm³/mol. The zero-order valence-electron chi connectivity index (χ0n) is 8.48. The van der Waals surface area contributed by atoms with Crippen molar-refractivity contribution in [2.45, 2.75) is 6.54 Å². The number of aromatic nitrogens is 3. The molecule has 2 rings (SSSR count). The van der Waals surface area contributed by atoms with Gasteiger partial charge in [-0.3, -0.25) is 9.89 Å². The first kappa shape index (κ1) is 11.3. The van der Waals surface area contributed by atoms with E-state index in [4.69, 9.17) is 0 Å². The average Bonchev–Trinajstić information content (AvgIpc) is 2.88. The molecule has 84 valence electrons. The second kappa shape index (κ2) is 4.75. The SMILES string of the molecule is CN(Cc1ncn[nH]1)C(=O)c1csc(Br)c1. The summed E-state index contributed by atoms with van der Waals surface area (Å²) in [5.41, 5.74) is 0.680. The number of amides is 1. The molecule has 0 unspecified atom stereocenters. The molecule has 0 aliphatic carbocycles. The molecule has 0 aliphatic rings. The quantitative estimate of drug-likeness (QED) is 0.942. The van der Waals surface area contributed by atoms with E-state index in [9.17, 15) is 4.79 Å². The van der Waals surface area contributed by atoms with Crippen molar-refractivity contribution in [1.29, 1.82) is 0 Å². The highest BCUT2D eigenvalue weighted by molar-refractivity contribution is 9.11. The summed E-state index contributed by atoms with van der Waals surface area (Å²) >= 11 is 4.82. The molecule has 0 aromatic carbocycles. The molecule has 1 N–H and O–H groups in total. The molecular formula is C9H9BrN4OS. The van der Waals surface area contributed by atoms with Crippen molar-refractivity contribution in [1.82, 2.24) is 20.1 Å². The normalized spacial score (nSPS) is 10.4. The second-order valence-electron chi connectivity index (χ2n) is 3.23. The van der Waals surface area contributed by atoms with E-state index in [2.05, 4.69) is 31.1 Å². The largest absolute Gasteiger partial charge is 0.334 e. The van der Waals surface area contributed by atoms with Crippen LogP contribution < -0.4 is 0 Å². The van der Waals surface area contributed by atoms with Crippen molar-refractivity contribution < 1.29 is 4.79 Å². The van der Waals surface area contributed by atoms with E-state index in [1.807, 2.05) is 11.4 Å². The highest BCUT2D eigenvalue weighted by atomic mass is 79.9. The maximum Gasteiger partial charge on any atom is 0.254 e. The maximum absolute atomic E-state index is 11.9. The fourth-order valence-corrected chi connectivity index (χ4v) is 2.38. The van der Waals surface area contributed by atoms with Gasteiger partial charge in [0.1, 0.15) is 12.2 Å². The summed E-state index contributed by atoms with van der Waals surface area (Å²) < 4.78 is 0.948. The number of aromatic amines is 1. The third kappa shape index (κ3) is 2.48. The molecule has 0 fully saturated rings. The van der Waals surface area contributed by atoms with Crippen LogP contribution in [-0.2, 0) is 6.54 Å². The molecule has 7 heteroatoms. The predicted octanol–water partition coefficient (Wildman–Crippen LogP) is 1.90. The van der Waals surface area contributed by atoms with E-state index in [0.717, 1.165) is 3.79 Å². The number of thiophene rings is 1. The van der Waals surface area contributed by atoms with E-state index in [0.29, 0.717) is 17.9 Å². The molecule has 0 saturated carbocycles. The summed E-state index contributed by atoms with van der Waals surface area (Å²) in [6.45, 7) is 0.423. The van der Waals surface area contributed by atoms with Crippen LogP contribution in [0.5, 0.6) is 0 Å². The molecular weight excluding hydrogens is 292 g/mol. The van der Waals surface area contributed by atoms with Crippen molar-refractivity contribution in [2.75, 3.05) is 7.05 Å². The molecule has 1 amide bonds. The van der Waals surface area contributed by atoms with Crippen LogP contribution in [0.15, 0.2) is 21.6 Å². The lowest BCUT2D eigenvalue weighted by molar-refractivity contribution is 0.0782. The summed E-state index contributed by atoms with van der Waals surface area (Å²) in [4.78, 5) is 17.5. The Kier molecular flexibility index (Phi) is 3.35. The minimum Gasteiger partial charge on any atom is -0.334 e. The Morgan fingerprint density at radius 3 is 3.06 bits per heavy atom. The Morgan fingerprint density at radius 1 is 1.69 bits per heavy atom. The average molecular weight is 301 g/mol. The molecule has 0 saturated heterocycles. The third-order valence-corrected chi connectivity index (χ3v) is 3.52. The Bertz CT molecular complexity index is 481. The number of nitrogens with zero attached hydrogens (tertiary/aromatic N) is 3. The van der Waals surface area contributed by atoms with E-state index < -0.39 is 0 Å². The van der Waals surface area contributed by atoms with Gasteiger partial charge < -0.3 is 4.90 Å². The number of nitrogens with one attached hydrogen (secondary N) is 1. The van der Waals surface area contributed by atoms with Crippen LogP contribution in [0.3, 0.4) is 0 Å². The molecule has 2 aromatic rings. The lowest BCUT2D eigenvalue weighted by Gasteiger charge is -2.14. The Labute approximate surface area is 105 Å². The van der Waals surface area contributed by atoms with E-state index in [1.54, 1.807) is 11.9 Å². The molecule has 0 aliphatic heterocycles. The molecule has 5 nitrogen and oxygen atoms in total. The lowest BCUT2D eigenvalue weighted by atomic mass is 10.3. The summed E-state index contributed by atoms with van der Waals surface area (Å²) in [5.74, 6) is 0.642. The number of halogens is 1. The Morgan fingerprint density at radius 2 is 2.50 bits per heavy atom. The standard InChI is InChI=1S/C9H9BrN4OS/c1-14(3-8-11-5-12-13-8)9(15)6-2-7(10)16-4-6/h2,4-5H,3H2,1H3,(H,11,12,13). The molecule has 0 atom stereocenters. The van der Waals surface area contributed by atoms with E-state index in [1.165, 1.54) is 17.7 Å². The fraction of sp³-hybridized carbons (Fsp3) is 0.222. The molecule has 0 bridgehead atoms. The van der Waals surface area contributed by atoms with Crippen LogP contribution in [0.2, 0.25) is 0 Å². The van der Waals surface area contributed by atoms with Gasteiger partial charge in [-0.1, -0.05) is 0 Å². The van der Waals surface area contributed by atoms with Crippen LogP contribution >= 0.6 is 27.3 Å². The van der Waals surface area contributed by atoms with Gasteiger partial charge in [-0.05, 0) is 22.0 Å². The van der Waals surface area contributed by atoms with Gasteiger partial charge in [-0.2, -0.15) is 5.10 Å². The zero-order chi connectivity index (χ0) is 11.5. The van der Waals surface area contributed by atoms with Gasteiger partial charge in [0.25, 0.3) is 5.91 Å². The smallest absolute Gasteiger partial charge is 0.254 e. The topological polar surface area (TPSA) is 61.9 Å². The van der Waals surface area contributed by atoms with Gasteiger partial charge in [0, 0.05) is 12.4 Å². The first-order valence-electron chi connectivity index (χ1n) is 4.50. The zero-order valence-corrected chi connectivity index (χ0v) is 10.9. The van der Waals surface area contributed by atoms with Crippen molar-refractivity contribution in [2.24, 2.45) is 0 Å². The highest BCUT2D eigenvalue weighted by Gasteiger charge is 2.14. The van der Waals surface area contributed by atoms with Crippen LogP contribution in [0.25, 0.3) is 0 Å². The third-order valence-electron chi connectivity index (χ3n) is 2.01. The first-order valence-corrected chi connectivity index (χ1v) is 6.18. The van der Waals surface area contributed by atoms with Gasteiger partial charge in [-0.25, -0.2) is 4.98 Å². The van der Waals surface area contributed by atoms with Gasteiger partial charge >= 0.3 is 0 Å². The molecule has 0 spiro atoms. The van der Waals surface area contributed by atoms with Gasteiger partial charge in [0.15, 0.2) is 0 Å². The molecule has 16 heavy (non-hydrogen) atoms. The van der Waals surface area contributed by atoms with Crippen molar-refractivity contribution in [3.8, 4) is 0 Å². The lowest BCUT2D eigenvalue weighted by Crippen LogP contribution is -2.26. The number of hydrogen-bond acceptors (Lipinski definition) is 4. The number of H-pyrrole nitrogens is 1. The van der Waals surface area contributed by atoms with Crippen molar-refractivity contribution in [3.63, 3.8) is 0 Å². The monoisotopic (exact) mass is 300 g/mol. The summed E-state index contributed by atoms with van der Waals surface area (Å²) in [6.07, 6.45) is 1.43. The summed E-state index contributed by atoms with van der Waals surface area (Å²) in [5, 5.41) is 8.27. The van der Waals surface area contributed by atoms with Crippen LogP contribution in [0.4, 0.5) is 0 Å². The van der Waals surface area contributed by atoms with Crippen LogP contribution in [0.1, 0.15) is 16.2 Å². The van der Waals surface area contributed by atoms with E-state index >= 15 is 0 Å². The van der Waals surface area contributed by atoms with Crippen LogP contribution in [-0.4, -0.2) is 33.0 Å².